The van der Waals surface area contributed by atoms with E-state index in [0.29, 0.717) is 54.8 Å². The number of hydrogen-bond acceptors (Lipinski definition) is 8. The summed E-state index contributed by atoms with van der Waals surface area (Å²) in [5.74, 6) is -1.44. The van der Waals surface area contributed by atoms with Crippen molar-refractivity contribution in [2.45, 2.75) is 51.9 Å². The Morgan fingerprint density at radius 2 is 1.98 bits per heavy atom. The summed E-state index contributed by atoms with van der Waals surface area (Å²) in [6, 6.07) is 6.69. The van der Waals surface area contributed by atoms with Crippen LogP contribution in [0.5, 0.6) is 5.75 Å². The van der Waals surface area contributed by atoms with E-state index in [1.807, 2.05) is 24.8 Å². The van der Waals surface area contributed by atoms with Crippen LogP contribution in [0.2, 0.25) is 0 Å². The Kier molecular flexibility index (Phi) is 7.59. The minimum absolute atomic E-state index is 0.0999. The third-order valence-corrected chi connectivity index (χ3v) is 8.39. The van der Waals surface area contributed by atoms with E-state index in [-0.39, 0.29) is 29.0 Å². The summed E-state index contributed by atoms with van der Waals surface area (Å²) in [5.41, 5.74) is 1.67. The molecule has 1 amide bonds. The number of amides is 1. The van der Waals surface area contributed by atoms with Gasteiger partial charge in [0.2, 0.25) is 12.3 Å². The van der Waals surface area contributed by atoms with Crippen molar-refractivity contribution in [3.05, 3.63) is 77.6 Å². The minimum Gasteiger partial charge on any atom is -0.507 e. The molecule has 0 spiro atoms. The second kappa shape index (κ2) is 11.4. The molecule has 43 heavy (non-hydrogen) atoms. The average Bonchev–Trinajstić information content (AvgIpc) is 3.83. The van der Waals surface area contributed by atoms with E-state index in [4.69, 9.17) is 4.99 Å². The number of carbonyl (C=O) groups is 1. The van der Waals surface area contributed by atoms with E-state index in [9.17, 15) is 15.0 Å². The van der Waals surface area contributed by atoms with Crippen LogP contribution in [0, 0.1) is 24.5 Å². The Morgan fingerprint density at radius 3 is 2.67 bits per heavy atom. The Hall–Kier alpha value is -4.38. The number of hydrogen-bond donors (Lipinski definition) is 2. The van der Waals surface area contributed by atoms with Crippen LogP contribution < -0.4 is 4.90 Å². The summed E-state index contributed by atoms with van der Waals surface area (Å²) in [7, 11) is 0. The molecule has 3 aliphatic rings. The lowest BCUT2D eigenvalue weighted by atomic mass is 10.0. The highest BCUT2D eigenvalue weighted by molar-refractivity contribution is 6.06. The lowest BCUT2D eigenvalue weighted by Crippen LogP contribution is -2.58. The number of pyridine rings is 2. The molecule has 2 aliphatic heterocycles. The predicted molar refractivity (Wildman–Crippen MR) is 159 cm³/mol. The van der Waals surface area contributed by atoms with Crippen LogP contribution in [-0.2, 0) is 11.2 Å². The highest BCUT2D eigenvalue weighted by Gasteiger charge is 2.44. The van der Waals surface area contributed by atoms with Gasteiger partial charge in [-0.05, 0) is 68.0 Å². The van der Waals surface area contributed by atoms with Crippen LogP contribution in [0.3, 0.4) is 0 Å². The second-order valence-electron chi connectivity index (χ2n) is 11.3. The summed E-state index contributed by atoms with van der Waals surface area (Å²) >= 11 is 0. The molecule has 1 saturated heterocycles. The molecule has 4 heterocycles. The van der Waals surface area contributed by atoms with Gasteiger partial charge in [-0.25, -0.2) is 18.8 Å². The number of benzene rings is 1. The molecule has 2 atom stereocenters. The number of aryl methyl sites for hydroxylation is 2. The van der Waals surface area contributed by atoms with E-state index in [1.54, 1.807) is 11.1 Å². The Morgan fingerprint density at radius 1 is 1.19 bits per heavy atom. The smallest absolute Gasteiger partial charge is 0.246 e. The van der Waals surface area contributed by atoms with Crippen LogP contribution in [0.1, 0.15) is 43.0 Å². The van der Waals surface area contributed by atoms with Gasteiger partial charge in [-0.1, -0.05) is 26.0 Å². The van der Waals surface area contributed by atoms with Crippen molar-refractivity contribution in [3.8, 4) is 17.0 Å². The minimum atomic E-state index is -1.45. The molecule has 2 aromatic heterocycles. The lowest BCUT2D eigenvalue weighted by molar-refractivity contribution is -0.128. The van der Waals surface area contributed by atoms with Gasteiger partial charge in [0.05, 0.1) is 28.6 Å². The van der Waals surface area contributed by atoms with Gasteiger partial charge in [0.25, 0.3) is 0 Å². The summed E-state index contributed by atoms with van der Waals surface area (Å²) in [5, 5.41) is 22.2. The molecule has 9 nitrogen and oxygen atoms in total. The summed E-state index contributed by atoms with van der Waals surface area (Å²) < 4.78 is 31.0. The van der Waals surface area contributed by atoms with E-state index in [0.717, 1.165) is 30.9 Å². The van der Waals surface area contributed by atoms with E-state index in [2.05, 4.69) is 16.5 Å². The highest BCUT2D eigenvalue weighted by Crippen LogP contribution is 2.43. The van der Waals surface area contributed by atoms with Gasteiger partial charge in [0.15, 0.2) is 5.82 Å². The standard InChI is InChI=1S/C32H34F2N6O3/c1-4-7-23-29(18(3)12-13-35-23)40-31-20(16-22(34)28(36-31)27-21(33)8-6-9-25(27)41)30(37-32(40)43)39-15-14-38(26(42)5-2)17-24(39)19-10-11-19/h5-6,8-9,12-13,16,19,24,32,41,43H,2,4,7,10-11,14-15,17H2,1,3H3. The number of phenols is 1. The average molecular weight is 589 g/mol. The van der Waals surface area contributed by atoms with Crippen LogP contribution >= 0.6 is 0 Å². The van der Waals surface area contributed by atoms with Gasteiger partial charge < -0.3 is 20.0 Å². The van der Waals surface area contributed by atoms with Crippen molar-refractivity contribution in [1.82, 2.24) is 19.8 Å². The first kappa shape index (κ1) is 28.7. The van der Waals surface area contributed by atoms with Gasteiger partial charge in [0, 0.05) is 25.8 Å². The molecule has 0 radical (unpaired) electrons. The van der Waals surface area contributed by atoms with Crippen LogP contribution in [0.25, 0.3) is 11.3 Å². The normalized spacial score (nSPS) is 20.1. The van der Waals surface area contributed by atoms with Crippen molar-refractivity contribution in [2.24, 2.45) is 10.9 Å². The van der Waals surface area contributed by atoms with Crippen molar-refractivity contribution < 1.29 is 23.8 Å². The number of aromatic hydroxyl groups is 1. The number of carbonyl (C=O) groups excluding carboxylic acids is 1. The van der Waals surface area contributed by atoms with Gasteiger partial charge in [-0.2, -0.15) is 0 Å². The van der Waals surface area contributed by atoms with Crippen molar-refractivity contribution >= 4 is 23.2 Å². The molecule has 1 aliphatic carbocycles. The molecule has 2 unspecified atom stereocenters. The van der Waals surface area contributed by atoms with E-state index in [1.165, 1.54) is 29.2 Å². The third kappa shape index (κ3) is 5.11. The number of halogens is 2. The molecule has 3 aromatic rings. The lowest BCUT2D eigenvalue weighted by Gasteiger charge is -2.45. The number of aromatic nitrogens is 2. The number of aliphatic hydroxyl groups excluding tert-OH is 1. The summed E-state index contributed by atoms with van der Waals surface area (Å²) in [6.07, 6.45) is 4.92. The molecule has 2 fully saturated rings. The Labute approximate surface area is 248 Å². The molecular formula is C32H34F2N6O3. The molecule has 224 valence electrons. The quantitative estimate of drug-likeness (QED) is 0.403. The highest BCUT2D eigenvalue weighted by atomic mass is 19.1. The van der Waals surface area contributed by atoms with Gasteiger partial charge in [0.1, 0.15) is 28.9 Å². The second-order valence-corrected chi connectivity index (χ2v) is 11.3. The van der Waals surface area contributed by atoms with Gasteiger partial charge >= 0.3 is 0 Å². The fraction of sp³-hybridized carbons (Fsp3) is 0.375. The molecule has 2 N–H and O–H groups in total. The Balaban J connectivity index is 1.54. The molecule has 1 aromatic carbocycles. The van der Waals surface area contributed by atoms with Crippen molar-refractivity contribution in [1.29, 1.82) is 0 Å². The molecular weight excluding hydrogens is 554 g/mol. The van der Waals surface area contributed by atoms with Crippen LogP contribution in [0.4, 0.5) is 20.3 Å². The topological polar surface area (TPSA) is 105 Å². The van der Waals surface area contributed by atoms with Crippen molar-refractivity contribution in [2.75, 3.05) is 24.5 Å². The Bertz CT molecular complexity index is 1600. The zero-order chi connectivity index (χ0) is 30.4. The fourth-order valence-corrected chi connectivity index (χ4v) is 6.19. The SMILES string of the molecule is C=CC(=O)N1CCN(C2=NC(O)N(c3c(C)ccnc3CCC)c3nc(-c4c(O)cccc4F)c(F)cc32)C(C2CC2)C1. The monoisotopic (exact) mass is 588 g/mol. The molecule has 0 bridgehead atoms. The van der Waals surface area contributed by atoms with Crippen molar-refractivity contribution in [3.63, 3.8) is 0 Å². The largest absolute Gasteiger partial charge is 0.507 e. The van der Waals surface area contributed by atoms with Crippen LogP contribution in [-0.4, -0.2) is 73.8 Å². The summed E-state index contributed by atoms with van der Waals surface area (Å²) in [6.45, 7) is 8.79. The maximum absolute atomic E-state index is 16.0. The van der Waals surface area contributed by atoms with Crippen LogP contribution in [0.15, 0.2) is 54.2 Å². The first-order valence-electron chi connectivity index (χ1n) is 14.6. The zero-order valence-corrected chi connectivity index (χ0v) is 24.2. The maximum atomic E-state index is 16.0. The van der Waals surface area contributed by atoms with E-state index >= 15 is 8.78 Å². The predicted octanol–water partition coefficient (Wildman–Crippen LogP) is 4.67. The van der Waals surface area contributed by atoms with Gasteiger partial charge in [-0.3, -0.25) is 14.7 Å². The third-order valence-electron chi connectivity index (χ3n) is 8.39. The number of anilines is 2. The number of fused-ring (bicyclic) bond motifs is 1. The van der Waals surface area contributed by atoms with E-state index < -0.39 is 23.7 Å². The maximum Gasteiger partial charge on any atom is 0.246 e. The first-order valence-corrected chi connectivity index (χ1v) is 14.6. The molecule has 11 heteroatoms. The number of phenolic OH excluding ortho intramolecular Hbond substituents is 1. The number of nitrogens with zero attached hydrogens (tertiary/aromatic N) is 6. The molecule has 1 saturated carbocycles. The number of amidine groups is 1. The number of aliphatic imine (C=N–C) groups is 1. The zero-order valence-electron chi connectivity index (χ0n) is 24.2. The molecule has 6 rings (SSSR count). The summed E-state index contributed by atoms with van der Waals surface area (Å²) in [4.78, 5) is 31.7. The van der Waals surface area contributed by atoms with Gasteiger partial charge in [-0.15, -0.1) is 0 Å². The fourth-order valence-electron chi connectivity index (χ4n) is 6.19. The number of aliphatic hydroxyl groups is 1. The number of piperazine rings is 1. The first-order chi connectivity index (χ1) is 20.7. The number of rotatable bonds is 6.